The second kappa shape index (κ2) is 5.82. The second-order valence-electron chi connectivity index (χ2n) is 8.25. The van der Waals surface area contributed by atoms with Crippen LogP contribution in [0.2, 0.25) is 0 Å². The van der Waals surface area contributed by atoms with E-state index in [0.717, 1.165) is 24.0 Å². The summed E-state index contributed by atoms with van der Waals surface area (Å²) in [5.41, 5.74) is 2.06. The van der Waals surface area contributed by atoms with E-state index in [-0.39, 0.29) is 17.1 Å². The van der Waals surface area contributed by atoms with Crippen molar-refractivity contribution >= 4 is 34.3 Å². The maximum absolute atomic E-state index is 12.9. The Hall–Kier alpha value is -0.910. The third-order valence-electron chi connectivity index (χ3n) is 6.48. The molecule has 4 heteroatoms. The van der Waals surface area contributed by atoms with Crippen molar-refractivity contribution in [3.05, 3.63) is 32.4 Å². The van der Waals surface area contributed by atoms with Crippen LogP contribution in [0.5, 0.6) is 0 Å². The van der Waals surface area contributed by atoms with E-state index >= 15 is 0 Å². The number of benzene rings is 1. The summed E-state index contributed by atoms with van der Waals surface area (Å²) in [6.07, 6.45) is 2.86. The molecule has 0 bridgehead atoms. The van der Waals surface area contributed by atoms with Gasteiger partial charge in [0.15, 0.2) is 5.78 Å². The number of aliphatic carboxylic acids is 1. The first-order chi connectivity index (χ1) is 11.1. The van der Waals surface area contributed by atoms with Crippen LogP contribution >= 0.6 is 22.6 Å². The van der Waals surface area contributed by atoms with E-state index in [1.807, 2.05) is 6.92 Å². The van der Waals surface area contributed by atoms with Crippen molar-refractivity contribution < 1.29 is 14.7 Å². The van der Waals surface area contributed by atoms with E-state index in [9.17, 15) is 14.7 Å². The lowest BCUT2D eigenvalue weighted by Gasteiger charge is -2.53. The SMILES string of the molecule is CC(C)c1cc2c(cc1I)[C@@]1(C)CCC[C@@](C)(C(=O)O)C1CC2=O. The van der Waals surface area contributed by atoms with Gasteiger partial charge in [0.05, 0.1) is 5.41 Å². The molecule has 0 aliphatic heterocycles. The van der Waals surface area contributed by atoms with Gasteiger partial charge in [-0.15, -0.1) is 0 Å². The first kappa shape index (κ1) is 17.9. The molecule has 0 amide bonds. The molecule has 24 heavy (non-hydrogen) atoms. The van der Waals surface area contributed by atoms with Gasteiger partial charge in [0, 0.05) is 15.6 Å². The van der Waals surface area contributed by atoms with Crippen molar-refractivity contribution in [2.75, 3.05) is 0 Å². The third kappa shape index (κ3) is 2.44. The molecule has 2 aliphatic carbocycles. The maximum atomic E-state index is 12.9. The van der Waals surface area contributed by atoms with Gasteiger partial charge >= 0.3 is 5.97 Å². The van der Waals surface area contributed by atoms with Crippen LogP contribution in [0, 0.1) is 14.9 Å². The fourth-order valence-corrected chi connectivity index (χ4v) is 6.02. The van der Waals surface area contributed by atoms with Crippen LogP contribution in [0.3, 0.4) is 0 Å². The Balaban J connectivity index is 2.21. The Labute approximate surface area is 157 Å². The van der Waals surface area contributed by atoms with E-state index in [1.54, 1.807) is 0 Å². The summed E-state index contributed by atoms with van der Waals surface area (Å²) in [4.78, 5) is 24.9. The van der Waals surface area contributed by atoms with Crippen molar-refractivity contribution in [2.45, 2.75) is 64.7 Å². The largest absolute Gasteiger partial charge is 0.481 e. The van der Waals surface area contributed by atoms with Crippen molar-refractivity contribution in [3.63, 3.8) is 0 Å². The van der Waals surface area contributed by atoms with Crippen LogP contribution in [-0.2, 0) is 10.2 Å². The van der Waals surface area contributed by atoms with Gasteiger partial charge in [-0.2, -0.15) is 0 Å². The molecular formula is C20H25IO3. The number of carboxylic acids is 1. The second-order valence-corrected chi connectivity index (χ2v) is 9.41. The standard InChI is InChI=1S/C20H25IO3/c1-11(2)12-8-13-14(9-15(12)21)19(3)6-5-7-20(4,18(23)24)17(19)10-16(13)22/h8-9,11,17H,5-7,10H2,1-4H3,(H,23,24)/t17?,19-,20-/m1/s1. The zero-order valence-electron chi connectivity index (χ0n) is 14.8. The lowest BCUT2D eigenvalue weighted by atomic mass is 9.49. The van der Waals surface area contributed by atoms with Crippen LogP contribution in [0.15, 0.2) is 12.1 Å². The van der Waals surface area contributed by atoms with Gasteiger partial charge in [0.2, 0.25) is 0 Å². The zero-order chi connectivity index (χ0) is 17.9. The summed E-state index contributed by atoms with van der Waals surface area (Å²) in [5.74, 6) is -0.406. The fraction of sp³-hybridized carbons (Fsp3) is 0.600. The van der Waals surface area contributed by atoms with E-state index in [2.05, 4.69) is 55.5 Å². The summed E-state index contributed by atoms with van der Waals surface area (Å²) in [7, 11) is 0. The third-order valence-corrected chi connectivity index (χ3v) is 7.42. The highest BCUT2D eigenvalue weighted by Crippen LogP contribution is 2.57. The molecule has 1 unspecified atom stereocenters. The summed E-state index contributed by atoms with van der Waals surface area (Å²) >= 11 is 2.35. The normalized spacial score (nSPS) is 32.4. The number of rotatable bonds is 2. The number of hydrogen-bond donors (Lipinski definition) is 1. The molecule has 3 nitrogen and oxygen atoms in total. The number of hydrogen-bond acceptors (Lipinski definition) is 2. The fourth-order valence-electron chi connectivity index (χ4n) is 4.93. The Kier molecular flexibility index (Phi) is 4.34. The Morgan fingerprint density at radius 1 is 1.29 bits per heavy atom. The molecule has 1 N–H and O–H groups in total. The van der Waals surface area contributed by atoms with E-state index in [1.165, 1.54) is 9.13 Å². The minimum Gasteiger partial charge on any atom is -0.481 e. The monoisotopic (exact) mass is 440 g/mol. The highest BCUT2D eigenvalue weighted by Gasteiger charge is 2.57. The van der Waals surface area contributed by atoms with E-state index in [4.69, 9.17) is 0 Å². The predicted octanol–water partition coefficient (Wildman–Crippen LogP) is 5.15. The van der Waals surface area contributed by atoms with Crippen LogP contribution in [0.4, 0.5) is 0 Å². The minimum atomic E-state index is -0.817. The molecule has 1 aromatic carbocycles. The molecule has 1 saturated carbocycles. The number of fused-ring (bicyclic) bond motifs is 3. The highest BCUT2D eigenvalue weighted by atomic mass is 127. The van der Waals surface area contributed by atoms with Gasteiger partial charge in [-0.1, -0.05) is 27.2 Å². The highest BCUT2D eigenvalue weighted by molar-refractivity contribution is 14.1. The summed E-state index contributed by atoms with van der Waals surface area (Å²) in [5, 5.41) is 9.84. The topological polar surface area (TPSA) is 54.4 Å². The molecule has 3 rings (SSSR count). The molecule has 3 atom stereocenters. The van der Waals surface area contributed by atoms with E-state index < -0.39 is 11.4 Å². The van der Waals surface area contributed by atoms with Crippen molar-refractivity contribution in [3.8, 4) is 0 Å². The van der Waals surface area contributed by atoms with Gasteiger partial charge in [0.25, 0.3) is 0 Å². The van der Waals surface area contributed by atoms with Crippen molar-refractivity contribution in [1.29, 1.82) is 0 Å². The molecule has 2 aliphatic rings. The molecule has 0 radical (unpaired) electrons. The number of carboxylic acid groups (broad SMARTS) is 1. The van der Waals surface area contributed by atoms with Crippen molar-refractivity contribution in [2.24, 2.45) is 11.3 Å². The van der Waals surface area contributed by atoms with Crippen LogP contribution in [-0.4, -0.2) is 16.9 Å². The van der Waals surface area contributed by atoms with Crippen LogP contribution in [0.25, 0.3) is 0 Å². The summed E-state index contributed by atoms with van der Waals surface area (Å²) in [6, 6.07) is 4.22. The molecule has 0 spiro atoms. The summed E-state index contributed by atoms with van der Waals surface area (Å²) in [6.45, 7) is 8.30. The average molecular weight is 440 g/mol. The lowest BCUT2D eigenvalue weighted by molar-refractivity contribution is -0.156. The number of halogens is 1. The Morgan fingerprint density at radius 2 is 1.96 bits per heavy atom. The van der Waals surface area contributed by atoms with Crippen LogP contribution < -0.4 is 0 Å². The first-order valence-corrected chi connectivity index (χ1v) is 9.79. The molecule has 0 saturated heterocycles. The first-order valence-electron chi connectivity index (χ1n) is 8.72. The Morgan fingerprint density at radius 3 is 2.54 bits per heavy atom. The number of carbonyl (C=O) groups excluding carboxylic acids is 1. The maximum Gasteiger partial charge on any atom is 0.309 e. The number of Topliss-reactive ketones (excluding diaryl/α,β-unsaturated/α-hetero) is 1. The van der Waals surface area contributed by atoms with Crippen LogP contribution in [0.1, 0.15) is 80.8 Å². The number of ketones is 1. The quantitative estimate of drug-likeness (QED) is 0.648. The Bertz CT molecular complexity index is 724. The molecule has 0 heterocycles. The minimum absolute atomic E-state index is 0.111. The van der Waals surface area contributed by atoms with Gasteiger partial charge in [-0.3, -0.25) is 9.59 Å². The van der Waals surface area contributed by atoms with Gasteiger partial charge in [-0.25, -0.2) is 0 Å². The molecule has 130 valence electrons. The molecule has 0 aromatic heterocycles. The molecule has 1 fully saturated rings. The predicted molar refractivity (Wildman–Crippen MR) is 103 cm³/mol. The number of carbonyl (C=O) groups is 2. The van der Waals surface area contributed by atoms with Gasteiger partial charge in [0.1, 0.15) is 0 Å². The van der Waals surface area contributed by atoms with Gasteiger partial charge in [-0.05, 0) is 82.9 Å². The average Bonchev–Trinajstić information content (AvgIpc) is 2.49. The van der Waals surface area contributed by atoms with Crippen molar-refractivity contribution in [1.82, 2.24) is 0 Å². The molecule has 1 aromatic rings. The lowest BCUT2D eigenvalue weighted by Crippen LogP contribution is -2.53. The smallest absolute Gasteiger partial charge is 0.309 e. The molecular weight excluding hydrogens is 415 g/mol. The zero-order valence-corrected chi connectivity index (χ0v) is 16.9. The summed E-state index contributed by atoms with van der Waals surface area (Å²) < 4.78 is 1.18. The van der Waals surface area contributed by atoms with E-state index in [0.29, 0.717) is 18.8 Å². The van der Waals surface area contributed by atoms with Gasteiger partial charge < -0.3 is 5.11 Å².